The van der Waals surface area contributed by atoms with Gasteiger partial charge >= 0.3 is 5.97 Å². The lowest BCUT2D eigenvalue weighted by atomic mass is 10.2. The van der Waals surface area contributed by atoms with E-state index in [1.54, 1.807) is 30.3 Å². The molecule has 0 heterocycles. The molecule has 0 fully saturated rings. The van der Waals surface area contributed by atoms with Crippen molar-refractivity contribution < 1.29 is 23.9 Å². The Balaban J connectivity index is 1.65. The highest BCUT2D eigenvalue weighted by Gasteiger charge is 2.09. The Bertz CT molecular complexity index is 925. The first-order valence-corrected chi connectivity index (χ1v) is 9.26. The summed E-state index contributed by atoms with van der Waals surface area (Å²) in [4.78, 5) is 46.4. The zero-order chi connectivity index (χ0) is 21.8. The molecule has 0 aliphatic heterocycles. The van der Waals surface area contributed by atoms with E-state index < -0.39 is 18.5 Å². The average molecular weight is 409 g/mol. The van der Waals surface area contributed by atoms with Gasteiger partial charge in [-0.1, -0.05) is 36.4 Å². The van der Waals surface area contributed by atoms with Gasteiger partial charge in [0.2, 0.25) is 11.8 Å². The lowest BCUT2D eigenvalue weighted by Gasteiger charge is -2.08. The van der Waals surface area contributed by atoms with Crippen molar-refractivity contribution in [2.45, 2.75) is 13.3 Å². The Kier molecular flexibility index (Phi) is 8.79. The minimum Gasteiger partial charge on any atom is -0.456 e. The summed E-state index contributed by atoms with van der Waals surface area (Å²) in [5.41, 5.74) is 1.88. The fourth-order valence-corrected chi connectivity index (χ4v) is 2.38. The van der Waals surface area contributed by atoms with Gasteiger partial charge in [0.05, 0.1) is 6.42 Å². The van der Waals surface area contributed by atoms with E-state index in [0.717, 1.165) is 5.56 Å². The highest BCUT2D eigenvalue weighted by molar-refractivity contribution is 5.95. The van der Waals surface area contributed by atoms with Crippen molar-refractivity contribution in [1.82, 2.24) is 5.32 Å². The topological polar surface area (TPSA) is 114 Å². The standard InChI is InChI=1S/C22H23N3O5/c1-16(26)24-18-8-5-9-19(14-18)25-21(28)15-30-22(29)12-13-23-20(27)11-10-17-6-3-2-4-7-17/h2-11,14H,12-13,15H2,1H3,(H,23,27)(H,24,26)(H,25,28)/b11-10+. The SMILES string of the molecule is CC(=O)Nc1cccc(NC(=O)COC(=O)CCNC(=O)/C=C/c2ccccc2)c1. The van der Waals surface area contributed by atoms with Crippen molar-refractivity contribution in [3.63, 3.8) is 0 Å². The number of amides is 3. The fraction of sp³-hybridized carbons (Fsp3) is 0.182. The van der Waals surface area contributed by atoms with Gasteiger partial charge in [0, 0.05) is 30.9 Å². The largest absolute Gasteiger partial charge is 0.456 e. The van der Waals surface area contributed by atoms with E-state index in [4.69, 9.17) is 4.74 Å². The van der Waals surface area contributed by atoms with Crippen LogP contribution in [0.4, 0.5) is 11.4 Å². The number of hydrogen-bond acceptors (Lipinski definition) is 5. The van der Waals surface area contributed by atoms with Crippen molar-refractivity contribution in [1.29, 1.82) is 0 Å². The van der Waals surface area contributed by atoms with Gasteiger partial charge in [-0.25, -0.2) is 0 Å². The summed E-state index contributed by atoms with van der Waals surface area (Å²) in [6.07, 6.45) is 2.98. The average Bonchev–Trinajstić information content (AvgIpc) is 2.71. The van der Waals surface area contributed by atoms with Gasteiger partial charge in [-0.3, -0.25) is 19.2 Å². The van der Waals surface area contributed by atoms with Crippen LogP contribution in [-0.2, 0) is 23.9 Å². The van der Waals surface area contributed by atoms with Crippen molar-refractivity contribution >= 4 is 41.1 Å². The number of carbonyl (C=O) groups is 4. The molecule has 2 rings (SSSR count). The van der Waals surface area contributed by atoms with Crippen molar-refractivity contribution in [2.24, 2.45) is 0 Å². The van der Waals surface area contributed by atoms with Gasteiger partial charge in [-0.2, -0.15) is 0 Å². The highest BCUT2D eigenvalue weighted by atomic mass is 16.5. The van der Waals surface area contributed by atoms with Crippen LogP contribution in [0, 0.1) is 0 Å². The lowest BCUT2D eigenvalue weighted by Crippen LogP contribution is -2.26. The molecular weight excluding hydrogens is 386 g/mol. The first-order valence-electron chi connectivity index (χ1n) is 9.26. The molecule has 3 N–H and O–H groups in total. The van der Waals surface area contributed by atoms with Gasteiger partial charge < -0.3 is 20.7 Å². The maximum absolute atomic E-state index is 11.9. The monoisotopic (exact) mass is 409 g/mol. The first-order chi connectivity index (χ1) is 14.4. The van der Waals surface area contributed by atoms with E-state index in [9.17, 15) is 19.2 Å². The van der Waals surface area contributed by atoms with Crippen molar-refractivity contribution in [3.05, 3.63) is 66.2 Å². The summed E-state index contributed by atoms with van der Waals surface area (Å²) in [6.45, 7) is 1.02. The molecule has 8 heteroatoms. The Labute approximate surface area is 174 Å². The molecule has 0 saturated carbocycles. The minimum atomic E-state index is -0.607. The lowest BCUT2D eigenvalue weighted by molar-refractivity contribution is -0.147. The summed E-state index contributed by atoms with van der Waals surface area (Å²) in [5, 5.41) is 7.75. The first kappa shape index (κ1) is 22.4. The number of nitrogens with one attached hydrogen (secondary N) is 3. The Morgan fingerprint density at radius 1 is 0.933 bits per heavy atom. The molecule has 8 nitrogen and oxygen atoms in total. The molecule has 2 aromatic carbocycles. The second-order valence-corrected chi connectivity index (χ2v) is 6.26. The van der Waals surface area contributed by atoms with Gasteiger partial charge in [0.25, 0.3) is 5.91 Å². The molecule has 0 radical (unpaired) electrons. The molecule has 3 amide bonds. The van der Waals surface area contributed by atoms with E-state index in [2.05, 4.69) is 16.0 Å². The summed E-state index contributed by atoms with van der Waals surface area (Å²) >= 11 is 0. The Morgan fingerprint density at radius 2 is 1.63 bits per heavy atom. The molecule has 30 heavy (non-hydrogen) atoms. The van der Waals surface area contributed by atoms with Crippen LogP contribution in [0.2, 0.25) is 0 Å². The number of esters is 1. The third-order valence-electron chi connectivity index (χ3n) is 3.69. The maximum atomic E-state index is 11.9. The van der Waals surface area contributed by atoms with Gasteiger partial charge in [0.15, 0.2) is 6.61 Å². The van der Waals surface area contributed by atoms with Crippen molar-refractivity contribution in [2.75, 3.05) is 23.8 Å². The second kappa shape index (κ2) is 11.8. The van der Waals surface area contributed by atoms with Crippen LogP contribution in [0.3, 0.4) is 0 Å². The molecule has 2 aromatic rings. The van der Waals surface area contributed by atoms with E-state index >= 15 is 0 Å². The molecule has 0 atom stereocenters. The molecule has 0 unspecified atom stereocenters. The van der Waals surface area contributed by atoms with E-state index in [0.29, 0.717) is 11.4 Å². The number of hydrogen-bond donors (Lipinski definition) is 3. The summed E-state index contributed by atoms with van der Waals surface area (Å²) < 4.78 is 4.89. The van der Waals surface area contributed by atoms with Gasteiger partial charge in [0.1, 0.15) is 0 Å². The van der Waals surface area contributed by atoms with Gasteiger partial charge in [-0.05, 0) is 29.8 Å². The molecule has 156 valence electrons. The molecule has 0 bridgehead atoms. The molecular formula is C22H23N3O5. The van der Waals surface area contributed by atoms with E-state index in [-0.39, 0.29) is 24.8 Å². The third-order valence-corrected chi connectivity index (χ3v) is 3.69. The van der Waals surface area contributed by atoms with Crippen LogP contribution >= 0.6 is 0 Å². The number of rotatable bonds is 9. The Hall–Kier alpha value is -3.94. The number of carbonyl (C=O) groups excluding carboxylic acids is 4. The molecule has 0 aromatic heterocycles. The summed E-state index contributed by atoms with van der Waals surface area (Å²) in [5.74, 6) is -1.68. The quantitative estimate of drug-likeness (QED) is 0.435. The predicted octanol–water partition coefficient (Wildman–Crippen LogP) is 2.35. The normalized spacial score (nSPS) is 10.3. The van der Waals surface area contributed by atoms with Gasteiger partial charge in [-0.15, -0.1) is 0 Å². The molecule has 0 spiro atoms. The minimum absolute atomic E-state index is 0.0593. The van der Waals surface area contributed by atoms with E-state index in [1.807, 2.05) is 30.3 Å². The zero-order valence-electron chi connectivity index (χ0n) is 16.5. The fourth-order valence-electron chi connectivity index (χ4n) is 2.38. The number of ether oxygens (including phenoxy) is 1. The molecule has 0 aliphatic rings. The Morgan fingerprint density at radius 3 is 2.33 bits per heavy atom. The third kappa shape index (κ3) is 8.83. The smallest absolute Gasteiger partial charge is 0.308 e. The number of anilines is 2. The summed E-state index contributed by atoms with van der Waals surface area (Å²) in [7, 11) is 0. The van der Waals surface area contributed by atoms with Crippen LogP contribution in [0.1, 0.15) is 18.9 Å². The number of benzene rings is 2. The molecule has 0 saturated heterocycles. The van der Waals surface area contributed by atoms with Crippen molar-refractivity contribution in [3.8, 4) is 0 Å². The maximum Gasteiger partial charge on any atom is 0.308 e. The molecule has 0 aliphatic carbocycles. The predicted molar refractivity (Wildman–Crippen MR) is 113 cm³/mol. The van der Waals surface area contributed by atoms with Crippen LogP contribution in [0.15, 0.2) is 60.7 Å². The van der Waals surface area contributed by atoms with E-state index in [1.165, 1.54) is 13.0 Å². The summed E-state index contributed by atoms with van der Waals surface area (Å²) in [6, 6.07) is 15.9. The van der Waals surface area contributed by atoms with Crippen LogP contribution in [0.25, 0.3) is 6.08 Å². The zero-order valence-corrected chi connectivity index (χ0v) is 16.5. The highest BCUT2D eigenvalue weighted by Crippen LogP contribution is 2.14. The van der Waals surface area contributed by atoms with Crippen LogP contribution in [-0.4, -0.2) is 36.8 Å². The second-order valence-electron chi connectivity index (χ2n) is 6.26. The van der Waals surface area contributed by atoms with Crippen LogP contribution < -0.4 is 16.0 Å². The van der Waals surface area contributed by atoms with Crippen LogP contribution in [0.5, 0.6) is 0 Å².